The molecule has 23 heavy (non-hydrogen) atoms. The maximum absolute atomic E-state index is 12.8. The van der Waals surface area contributed by atoms with Crippen molar-refractivity contribution in [2.75, 3.05) is 31.1 Å². The number of rotatable bonds is 2. The number of hydrogen-bond donors (Lipinski definition) is 0. The fourth-order valence-electron chi connectivity index (χ4n) is 2.84. The number of carbonyl (C=O) groups is 1. The Hall–Kier alpha value is -2.96. The number of piperazine rings is 1. The van der Waals surface area contributed by atoms with Crippen molar-refractivity contribution in [3.8, 4) is 0 Å². The highest BCUT2D eigenvalue weighted by Gasteiger charge is 2.24. The molecule has 0 N–H and O–H groups in total. The first kappa shape index (κ1) is 13.7. The van der Waals surface area contributed by atoms with Gasteiger partial charge in [-0.05, 0) is 18.2 Å². The zero-order valence-corrected chi connectivity index (χ0v) is 12.5. The molecule has 1 saturated heterocycles. The Labute approximate surface area is 133 Å². The van der Waals surface area contributed by atoms with Gasteiger partial charge in [0.05, 0.1) is 6.20 Å². The van der Waals surface area contributed by atoms with Crippen molar-refractivity contribution in [2.45, 2.75) is 0 Å². The molecule has 1 fully saturated rings. The number of carbonyl (C=O) groups excluding carboxylic acids is 1. The molecule has 0 aliphatic carbocycles. The van der Waals surface area contributed by atoms with Crippen LogP contribution in [-0.4, -0.2) is 56.6 Å². The third kappa shape index (κ3) is 2.50. The first-order valence-corrected chi connectivity index (χ1v) is 7.57. The number of nitrogens with zero attached hydrogens (tertiary/aromatic N) is 6. The quantitative estimate of drug-likeness (QED) is 0.709. The molecule has 0 atom stereocenters. The van der Waals surface area contributed by atoms with Gasteiger partial charge in [-0.1, -0.05) is 6.07 Å². The van der Waals surface area contributed by atoms with Gasteiger partial charge in [0.1, 0.15) is 11.5 Å². The van der Waals surface area contributed by atoms with Crippen molar-refractivity contribution >= 4 is 17.4 Å². The van der Waals surface area contributed by atoms with E-state index in [1.54, 1.807) is 35.2 Å². The Bertz CT molecular complexity index is 823. The predicted octanol–water partition coefficient (Wildman–Crippen LogP) is 1.09. The highest BCUT2D eigenvalue weighted by molar-refractivity contribution is 5.93. The molecule has 0 saturated carbocycles. The fraction of sp³-hybridized carbons (Fsp3) is 0.250. The fourth-order valence-corrected chi connectivity index (χ4v) is 2.84. The first-order chi connectivity index (χ1) is 11.3. The lowest BCUT2D eigenvalue weighted by Crippen LogP contribution is -2.49. The van der Waals surface area contributed by atoms with Crippen LogP contribution in [0.15, 0.2) is 48.9 Å². The lowest BCUT2D eigenvalue weighted by Gasteiger charge is -2.35. The average molecular weight is 308 g/mol. The van der Waals surface area contributed by atoms with Crippen molar-refractivity contribution in [3.05, 3.63) is 54.6 Å². The van der Waals surface area contributed by atoms with Crippen LogP contribution in [0.2, 0.25) is 0 Å². The van der Waals surface area contributed by atoms with Gasteiger partial charge in [-0.15, -0.1) is 0 Å². The third-order valence-electron chi connectivity index (χ3n) is 4.05. The Morgan fingerprint density at radius 1 is 0.913 bits per heavy atom. The summed E-state index contributed by atoms with van der Waals surface area (Å²) in [6.45, 7) is 2.88. The van der Waals surface area contributed by atoms with Crippen molar-refractivity contribution in [1.29, 1.82) is 0 Å². The minimum atomic E-state index is -0.0122. The molecule has 0 aromatic carbocycles. The summed E-state index contributed by atoms with van der Waals surface area (Å²) in [6, 6.07) is 9.38. The van der Waals surface area contributed by atoms with Crippen molar-refractivity contribution in [3.63, 3.8) is 0 Å². The number of pyridine rings is 1. The zero-order valence-electron chi connectivity index (χ0n) is 12.5. The second kappa shape index (κ2) is 5.68. The second-order valence-corrected chi connectivity index (χ2v) is 5.40. The number of aromatic nitrogens is 4. The third-order valence-corrected chi connectivity index (χ3v) is 4.05. The van der Waals surface area contributed by atoms with Gasteiger partial charge in [0.25, 0.3) is 5.91 Å². The van der Waals surface area contributed by atoms with E-state index in [4.69, 9.17) is 0 Å². The Morgan fingerprint density at radius 2 is 1.78 bits per heavy atom. The molecule has 3 aromatic heterocycles. The maximum atomic E-state index is 12.8. The molecular formula is C16H16N6O. The SMILES string of the molecule is O=C(c1ccnc2ccnn12)N1CCN(c2ccccn2)CC1. The summed E-state index contributed by atoms with van der Waals surface area (Å²) in [7, 11) is 0. The number of anilines is 1. The minimum Gasteiger partial charge on any atom is -0.353 e. The van der Waals surface area contributed by atoms with Gasteiger partial charge in [0.15, 0.2) is 5.65 Å². The maximum Gasteiger partial charge on any atom is 0.272 e. The van der Waals surface area contributed by atoms with Crippen molar-refractivity contribution < 1.29 is 4.79 Å². The van der Waals surface area contributed by atoms with Crippen LogP contribution in [0.4, 0.5) is 5.82 Å². The van der Waals surface area contributed by atoms with Gasteiger partial charge in [-0.3, -0.25) is 4.79 Å². The van der Waals surface area contributed by atoms with Gasteiger partial charge >= 0.3 is 0 Å². The van der Waals surface area contributed by atoms with E-state index in [0.29, 0.717) is 24.4 Å². The van der Waals surface area contributed by atoms with E-state index < -0.39 is 0 Å². The summed E-state index contributed by atoms with van der Waals surface area (Å²) in [4.78, 5) is 25.4. The summed E-state index contributed by atoms with van der Waals surface area (Å²) in [5.41, 5.74) is 1.23. The van der Waals surface area contributed by atoms with Gasteiger partial charge in [-0.25, -0.2) is 14.5 Å². The molecular weight excluding hydrogens is 292 g/mol. The summed E-state index contributed by atoms with van der Waals surface area (Å²) in [6.07, 6.45) is 5.09. The minimum absolute atomic E-state index is 0.0122. The normalized spacial score (nSPS) is 15.1. The number of amides is 1. The molecule has 0 bridgehead atoms. The summed E-state index contributed by atoms with van der Waals surface area (Å²) in [5.74, 6) is 0.944. The monoisotopic (exact) mass is 308 g/mol. The Kier molecular flexibility index (Phi) is 3.38. The highest BCUT2D eigenvalue weighted by Crippen LogP contribution is 2.14. The molecule has 1 amide bonds. The van der Waals surface area contributed by atoms with E-state index in [1.165, 1.54) is 0 Å². The molecule has 7 nitrogen and oxygen atoms in total. The van der Waals surface area contributed by atoms with E-state index in [0.717, 1.165) is 18.9 Å². The standard InChI is InChI=1S/C16H16N6O/c23-16(13-4-7-18-15-5-8-19-22(13)15)21-11-9-20(10-12-21)14-3-1-2-6-17-14/h1-8H,9-12H2. The summed E-state index contributed by atoms with van der Waals surface area (Å²) in [5, 5.41) is 4.18. The molecule has 4 rings (SSSR count). The van der Waals surface area contributed by atoms with E-state index in [1.807, 2.05) is 23.1 Å². The number of fused-ring (bicyclic) bond motifs is 1. The van der Waals surface area contributed by atoms with Crippen LogP contribution in [0.3, 0.4) is 0 Å². The highest BCUT2D eigenvalue weighted by atomic mass is 16.2. The first-order valence-electron chi connectivity index (χ1n) is 7.57. The molecule has 116 valence electrons. The topological polar surface area (TPSA) is 66.6 Å². The molecule has 3 aromatic rings. The lowest BCUT2D eigenvalue weighted by atomic mass is 10.2. The molecule has 7 heteroatoms. The van der Waals surface area contributed by atoms with E-state index >= 15 is 0 Å². The van der Waals surface area contributed by atoms with Crippen LogP contribution in [0, 0.1) is 0 Å². The van der Waals surface area contributed by atoms with Crippen LogP contribution in [0.1, 0.15) is 10.5 Å². The lowest BCUT2D eigenvalue weighted by molar-refractivity contribution is 0.0737. The Morgan fingerprint density at radius 3 is 2.57 bits per heavy atom. The predicted molar refractivity (Wildman–Crippen MR) is 85.3 cm³/mol. The van der Waals surface area contributed by atoms with Gasteiger partial charge in [0, 0.05) is 44.6 Å². The van der Waals surface area contributed by atoms with Crippen LogP contribution in [0.5, 0.6) is 0 Å². The van der Waals surface area contributed by atoms with Crippen LogP contribution < -0.4 is 4.90 Å². The van der Waals surface area contributed by atoms with Gasteiger partial charge in [0.2, 0.25) is 0 Å². The zero-order chi connectivity index (χ0) is 15.6. The second-order valence-electron chi connectivity index (χ2n) is 5.40. The largest absolute Gasteiger partial charge is 0.353 e. The average Bonchev–Trinajstić information content (AvgIpc) is 3.11. The molecule has 4 heterocycles. The molecule has 0 spiro atoms. The van der Waals surface area contributed by atoms with Crippen LogP contribution >= 0.6 is 0 Å². The molecule has 0 radical (unpaired) electrons. The van der Waals surface area contributed by atoms with Crippen molar-refractivity contribution in [2.24, 2.45) is 0 Å². The smallest absolute Gasteiger partial charge is 0.272 e. The van der Waals surface area contributed by atoms with Gasteiger partial charge < -0.3 is 9.80 Å². The summed E-state index contributed by atoms with van der Waals surface area (Å²) < 4.78 is 1.59. The molecule has 1 aliphatic rings. The Balaban J connectivity index is 1.50. The van der Waals surface area contributed by atoms with Gasteiger partial charge in [-0.2, -0.15) is 5.10 Å². The summed E-state index contributed by atoms with van der Waals surface area (Å²) >= 11 is 0. The number of hydrogen-bond acceptors (Lipinski definition) is 5. The van der Waals surface area contributed by atoms with E-state index in [9.17, 15) is 4.79 Å². The molecule has 1 aliphatic heterocycles. The molecule has 0 unspecified atom stereocenters. The van der Waals surface area contributed by atoms with Crippen LogP contribution in [0.25, 0.3) is 5.65 Å². The van der Waals surface area contributed by atoms with E-state index in [-0.39, 0.29) is 5.91 Å². The van der Waals surface area contributed by atoms with Crippen molar-refractivity contribution in [1.82, 2.24) is 24.5 Å². The van der Waals surface area contributed by atoms with Crippen LogP contribution in [-0.2, 0) is 0 Å². The van der Waals surface area contributed by atoms with E-state index in [2.05, 4.69) is 20.0 Å².